The second-order valence-corrected chi connectivity index (χ2v) is 6.55. The average Bonchev–Trinajstić information content (AvgIpc) is 2.79. The highest BCUT2D eigenvalue weighted by Gasteiger charge is 2.19. The largest absolute Gasteiger partial charge is 0.497 e. The molecular weight excluding hydrogens is 366 g/mol. The predicted molar refractivity (Wildman–Crippen MR) is 113 cm³/mol. The predicted octanol–water partition coefficient (Wildman–Crippen LogP) is 4.43. The standard InChI is InChI=1S/C24H25NO4/c1-27-19-12-8-17(9-13-19)16-22(18-10-14-20(28-2)15-11-18)25-24(26)21-6-4-5-7-23(21)29-3/h4-15,22H,16H2,1-3H3,(H,25,26). The van der Waals surface area contributed by atoms with Gasteiger partial charge in [-0.1, -0.05) is 36.4 Å². The highest BCUT2D eigenvalue weighted by atomic mass is 16.5. The van der Waals surface area contributed by atoms with Crippen LogP contribution in [0.4, 0.5) is 0 Å². The van der Waals surface area contributed by atoms with Crippen LogP contribution in [0.5, 0.6) is 17.2 Å². The van der Waals surface area contributed by atoms with Crippen molar-refractivity contribution in [2.75, 3.05) is 21.3 Å². The van der Waals surface area contributed by atoms with Gasteiger partial charge < -0.3 is 19.5 Å². The zero-order valence-electron chi connectivity index (χ0n) is 16.8. The number of carbonyl (C=O) groups excluding carboxylic acids is 1. The summed E-state index contributed by atoms with van der Waals surface area (Å²) in [4.78, 5) is 13.0. The molecule has 5 heteroatoms. The van der Waals surface area contributed by atoms with E-state index in [9.17, 15) is 4.79 Å². The molecule has 5 nitrogen and oxygen atoms in total. The van der Waals surface area contributed by atoms with E-state index >= 15 is 0 Å². The Hall–Kier alpha value is -3.47. The summed E-state index contributed by atoms with van der Waals surface area (Å²) in [5.41, 5.74) is 2.58. The maximum Gasteiger partial charge on any atom is 0.255 e. The number of carbonyl (C=O) groups is 1. The van der Waals surface area contributed by atoms with Gasteiger partial charge in [-0.2, -0.15) is 0 Å². The van der Waals surface area contributed by atoms with Gasteiger partial charge in [0, 0.05) is 0 Å². The summed E-state index contributed by atoms with van der Waals surface area (Å²) >= 11 is 0. The Morgan fingerprint density at radius 1 is 0.793 bits per heavy atom. The minimum Gasteiger partial charge on any atom is -0.497 e. The van der Waals surface area contributed by atoms with Crippen LogP contribution in [0.1, 0.15) is 27.5 Å². The fourth-order valence-corrected chi connectivity index (χ4v) is 3.15. The van der Waals surface area contributed by atoms with Gasteiger partial charge in [-0.15, -0.1) is 0 Å². The van der Waals surface area contributed by atoms with Gasteiger partial charge in [-0.25, -0.2) is 0 Å². The first-order valence-electron chi connectivity index (χ1n) is 9.35. The summed E-state index contributed by atoms with van der Waals surface area (Å²) < 4.78 is 15.8. The van der Waals surface area contributed by atoms with Crippen LogP contribution >= 0.6 is 0 Å². The van der Waals surface area contributed by atoms with Crippen molar-refractivity contribution in [3.8, 4) is 17.2 Å². The summed E-state index contributed by atoms with van der Waals surface area (Å²) in [7, 11) is 4.83. The molecule has 0 aromatic heterocycles. The normalized spacial score (nSPS) is 11.4. The van der Waals surface area contributed by atoms with Crippen molar-refractivity contribution >= 4 is 5.91 Å². The van der Waals surface area contributed by atoms with E-state index in [1.54, 1.807) is 33.5 Å². The molecule has 3 aromatic rings. The van der Waals surface area contributed by atoms with Gasteiger partial charge in [0.25, 0.3) is 5.91 Å². The smallest absolute Gasteiger partial charge is 0.255 e. The zero-order chi connectivity index (χ0) is 20.6. The highest BCUT2D eigenvalue weighted by molar-refractivity contribution is 5.97. The topological polar surface area (TPSA) is 56.8 Å². The number of hydrogen-bond donors (Lipinski definition) is 1. The minimum atomic E-state index is -0.216. The number of rotatable bonds is 8. The van der Waals surface area contributed by atoms with E-state index in [1.165, 1.54) is 0 Å². The summed E-state index contributed by atoms with van der Waals surface area (Å²) in [6.45, 7) is 0. The minimum absolute atomic E-state index is 0.184. The van der Waals surface area contributed by atoms with Gasteiger partial charge in [0.15, 0.2) is 0 Å². The molecule has 3 aromatic carbocycles. The first kappa shape index (κ1) is 20.3. The molecule has 150 valence electrons. The van der Waals surface area contributed by atoms with Crippen LogP contribution in [0.3, 0.4) is 0 Å². The van der Waals surface area contributed by atoms with Crippen molar-refractivity contribution < 1.29 is 19.0 Å². The van der Waals surface area contributed by atoms with Gasteiger partial charge in [0.1, 0.15) is 17.2 Å². The van der Waals surface area contributed by atoms with Crippen LogP contribution in [-0.2, 0) is 6.42 Å². The zero-order valence-corrected chi connectivity index (χ0v) is 16.8. The van der Waals surface area contributed by atoms with Crippen LogP contribution in [0.25, 0.3) is 0 Å². The lowest BCUT2D eigenvalue weighted by atomic mass is 9.98. The van der Waals surface area contributed by atoms with Crippen LogP contribution in [0.15, 0.2) is 72.8 Å². The van der Waals surface area contributed by atoms with Crippen molar-refractivity contribution in [3.05, 3.63) is 89.5 Å². The van der Waals surface area contributed by atoms with E-state index in [2.05, 4.69) is 5.32 Å². The van der Waals surface area contributed by atoms with Crippen LogP contribution < -0.4 is 19.5 Å². The van der Waals surface area contributed by atoms with Crippen molar-refractivity contribution in [1.82, 2.24) is 5.32 Å². The van der Waals surface area contributed by atoms with E-state index in [-0.39, 0.29) is 11.9 Å². The lowest BCUT2D eigenvalue weighted by Crippen LogP contribution is -2.30. The maximum atomic E-state index is 13.0. The number of nitrogens with one attached hydrogen (secondary N) is 1. The molecule has 0 saturated carbocycles. The quantitative estimate of drug-likeness (QED) is 0.617. The highest BCUT2D eigenvalue weighted by Crippen LogP contribution is 2.24. The lowest BCUT2D eigenvalue weighted by molar-refractivity contribution is 0.0933. The van der Waals surface area contributed by atoms with E-state index in [1.807, 2.05) is 60.7 Å². The number of amides is 1. The molecule has 1 atom stereocenters. The number of hydrogen-bond acceptors (Lipinski definition) is 4. The molecule has 1 N–H and O–H groups in total. The summed E-state index contributed by atoms with van der Waals surface area (Å²) in [5.74, 6) is 1.93. The van der Waals surface area contributed by atoms with Crippen molar-refractivity contribution in [2.45, 2.75) is 12.5 Å². The molecule has 1 amide bonds. The third-order valence-corrected chi connectivity index (χ3v) is 4.77. The first-order chi connectivity index (χ1) is 14.1. The number of ether oxygens (including phenoxy) is 3. The molecule has 0 aliphatic rings. The molecule has 0 bridgehead atoms. The molecular formula is C24H25NO4. The third kappa shape index (κ3) is 5.08. The van der Waals surface area contributed by atoms with Gasteiger partial charge in [-0.3, -0.25) is 4.79 Å². The number of benzene rings is 3. The van der Waals surface area contributed by atoms with Crippen LogP contribution in [-0.4, -0.2) is 27.2 Å². The van der Waals surface area contributed by atoms with Gasteiger partial charge >= 0.3 is 0 Å². The maximum absolute atomic E-state index is 13.0. The first-order valence-corrected chi connectivity index (χ1v) is 9.35. The Labute approximate surface area is 171 Å². The average molecular weight is 391 g/mol. The van der Waals surface area contributed by atoms with Crippen LogP contribution in [0, 0.1) is 0 Å². The SMILES string of the molecule is COc1ccc(CC(NC(=O)c2ccccc2OC)c2ccc(OC)cc2)cc1. The molecule has 0 spiro atoms. The van der Waals surface area contributed by atoms with E-state index in [0.29, 0.717) is 17.7 Å². The third-order valence-electron chi connectivity index (χ3n) is 4.77. The van der Waals surface area contributed by atoms with Gasteiger partial charge in [0.05, 0.1) is 32.9 Å². The number of para-hydroxylation sites is 1. The van der Waals surface area contributed by atoms with Crippen molar-refractivity contribution in [1.29, 1.82) is 0 Å². The molecule has 3 rings (SSSR count). The monoisotopic (exact) mass is 391 g/mol. The fourth-order valence-electron chi connectivity index (χ4n) is 3.15. The summed E-state index contributed by atoms with van der Waals surface area (Å²) in [5, 5.41) is 3.15. The molecule has 0 aliphatic heterocycles. The Morgan fingerprint density at radius 3 is 1.97 bits per heavy atom. The second-order valence-electron chi connectivity index (χ2n) is 6.55. The Kier molecular flexibility index (Phi) is 6.74. The lowest BCUT2D eigenvalue weighted by Gasteiger charge is -2.21. The van der Waals surface area contributed by atoms with E-state index < -0.39 is 0 Å². The molecule has 0 saturated heterocycles. The van der Waals surface area contributed by atoms with Crippen molar-refractivity contribution in [2.24, 2.45) is 0 Å². The number of methoxy groups -OCH3 is 3. The molecule has 0 aliphatic carbocycles. The summed E-state index contributed by atoms with van der Waals surface area (Å²) in [6.07, 6.45) is 0.636. The van der Waals surface area contributed by atoms with Gasteiger partial charge in [-0.05, 0) is 53.9 Å². The molecule has 0 fully saturated rings. The second kappa shape index (κ2) is 9.64. The van der Waals surface area contributed by atoms with E-state index in [0.717, 1.165) is 22.6 Å². The molecule has 0 radical (unpaired) electrons. The van der Waals surface area contributed by atoms with Crippen LogP contribution in [0.2, 0.25) is 0 Å². The Bertz CT molecular complexity index is 936. The Morgan fingerprint density at radius 2 is 1.38 bits per heavy atom. The van der Waals surface area contributed by atoms with E-state index in [4.69, 9.17) is 14.2 Å². The Balaban J connectivity index is 1.87. The summed E-state index contributed by atoms with van der Waals surface area (Å²) in [6, 6.07) is 22.6. The molecule has 29 heavy (non-hydrogen) atoms. The van der Waals surface area contributed by atoms with Crippen molar-refractivity contribution in [3.63, 3.8) is 0 Å². The van der Waals surface area contributed by atoms with Gasteiger partial charge in [0.2, 0.25) is 0 Å². The molecule has 0 heterocycles. The fraction of sp³-hybridized carbons (Fsp3) is 0.208. The molecule has 1 unspecified atom stereocenters.